The topological polar surface area (TPSA) is 66.4 Å². The van der Waals surface area contributed by atoms with Crippen molar-refractivity contribution in [1.29, 1.82) is 0 Å². The monoisotopic (exact) mass is 267 g/mol. The number of carboxylic acids is 1. The first-order valence-corrected chi connectivity index (χ1v) is 7.14. The van der Waals surface area contributed by atoms with Crippen molar-refractivity contribution < 1.29 is 14.7 Å². The number of amides is 1. The van der Waals surface area contributed by atoms with E-state index in [1.807, 2.05) is 16.8 Å². The number of aliphatic carboxylic acids is 1. The third kappa shape index (κ3) is 3.32. The van der Waals surface area contributed by atoms with E-state index < -0.39 is 11.9 Å². The lowest BCUT2D eigenvalue weighted by Crippen LogP contribution is -2.45. The van der Waals surface area contributed by atoms with E-state index in [0.717, 1.165) is 24.8 Å². The van der Waals surface area contributed by atoms with E-state index in [4.69, 9.17) is 5.11 Å². The van der Waals surface area contributed by atoms with Gasteiger partial charge in [-0.1, -0.05) is 12.8 Å². The van der Waals surface area contributed by atoms with E-state index in [1.165, 1.54) is 0 Å². The van der Waals surface area contributed by atoms with Crippen LogP contribution in [0.2, 0.25) is 0 Å². The molecule has 0 aliphatic heterocycles. The quantitative estimate of drug-likeness (QED) is 0.877. The maximum absolute atomic E-state index is 11.8. The molecule has 0 bridgehead atoms. The summed E-state index contributed by atoms with van der Waals surface area (Å²) in [6.45, 7) is 0. The zero-order chi connectivity index (χ0) is 13.0. The van der Waals surface area contributed by atoms with E-state index in [2.05, 4.69) is 5.32 Å². The van der Waals surface area contributed by atoms with E-state index in [-0.39, 0.29) is 11.9 Å². The molecule has 2 rings (SSSR count). The van der Waals surface area contributed by atoms with Gasteiger partial charge in [-0.3, -0.25) is 9.59 Å². The van der Waals surface area contributed by atoms with Gasteiger partial charge in [0.05, 0.1) is 12.3 Å². The molecule has 1 aromatic heterocycles. The minimum Gasteiger partial charge on any atom is -0.481 e. The largest absolute Gasteiger partial charge is 0.481 e. The summed E-state index contributed by atoms with van der Waals surface area (Å²) >= 11 is 1.56. The lowest BCUT2D eigenvalue weighted by Gasteiger charge is -2.29. The van der Waals surface area contributed by atoms with Gasteiger partial charge in [-0.05, 0) is 35.2 Å². The molecule has 1 aromatic rings. The molecular formula is C13H17NO3S. The summed E-state index contributed by atoms with van der Waals surface area (Å²) in [6.07, 6.45) is 3.71. The Labute approximate surface area is 110 Å². The van der Waals surface area contributed by atoms with Crippen LogP contribution in [-0.2, 0) is 16.0 Å². The molecule has 2 N–H and O–H groups in total. The number of hydrogen-bond donors (Lipinski definition) is 2. The summed E-state index contributed by atoms with van der Waals surface area (Å²) in [5.41, 5.74) is 0.986. The van der Waals surface area contributed by atoms with Crippen LogP contribution in [0, 0.1) is 5.92 Å². The van der Waals surface area contributed by atoms with Crippen LogP contribution in [0.1, 0.15) is 31.2 Å². The highest BCUT2D eigenvalue weighted by Crippen LogP contribution is 2.24. The number of rotatable bonds is 4. The summed E-state index contributed by atoms with van der Waals surface area (Å²) in [4.78, 5) is 23.0. The van der Waals surface area contributed by atoms with Crippen molar-refractivity contribution >= 4 is 23.2 Å². The Morgan fingerprint density at radius 3 is 2.83 bits per heavy atom. The van der Waals surface area contributed by atoms with Crippen LogP contribution in [0.3, 0.4) is 0 Å². The minimum absolute atomic E-state index is 0.0773. The molecule has 0 saturated heterocycles. The van der Waals surface area contributed by atoms with Gasteiger partial charge in [-0.25, -0.2) is 0 Å². The van der Waals surface area contributed by atoms with Crippen LogP contribution < -0.4 is 5.32 Å². The van der Waals surface area contributed by atoms with E-state index in [0.29, 0.717) is 12.8 Å². The highest BCUT2D eigenvalue weighted by Gasteiger charge is 2.31. The molecule has 2 atom stereocenters. The molecule has 0 spiro atoms. The van der Waals surface area contributed by atoms with Gasteiger partial charge in [-0.15, -0.1) is 0 Å². The van der Waals surface area contributed by atoms with Crippen LogP contribution in [0.5, 0.6) is 0 Å². The highest BCUT2D eigenvalue weighted by molar-refractivity contribution is 7.07. The first kappa shape index (κ1) is 13.1. The van der Waals surface area contributed by atoms with Crippen LogP contribution >= 0.6 is 11.3 Å². The predicted molar refractivity (Wildman–Crippen MR) is 69.5 cm³/mol. The van der Waals surface area contributed by atoms with Gasteiger partial charge in [-0.2, -0.15) is 11.3 Å². The smallest absolute Gasteiger partial charge is 0.308 e. The van der Waals surface area contributed by atoms with Gasteiger partial charge in [0.25, 0.3) is 0 Å². The van der Waals surface area contributed by atoms with Crippen molar-refractivity contribution in [3.05, 3.63) is 22.4 Å². The fourth-order valence-electron chi connectivity index (χ4n) is 2.44. The fraction of sp³-hybridized carbons (Fsp3) is 0.538. The zero-order valence-corrected chi connectivity index (χ0v) is 10.9. The Kier molecular flexibility index (Phi) is 4.36. The average molecular weight is 267 g/mol. The van der Waals surface area contributed by atoms with E-state index in [1.54, 1.807) is 11.3 Å². The summed E-state index contributed by atoms with van der Waals surface area (Å²) in [5.74, 6) is -1.30. The Hall–Kier alpha value is -1.36. The van der Waals surface area contributed by atoms with Gasteiger partial charge in [0.2, 0.25) is 5.91 Å². The second-order valence-corrected chi connectivity index (χ2v) is 5.49. The van der Waals surface area contributed by atoms with Gasteiger partial charge in [0, 0.05) is 6.04 Å². The first-order chi connectivity index (χ1) is 8.66. The molecule has 4 nitrogen and oxygen atoms in total. The Balaban J connectivity index is 1.90. The number of hydrogen-bond acceptors (Lipinski definition) is 3. The third-order valence-corrected chi connectivity index (χ3v) is 4.11. The van der Waals surface area contributed by atoms with Gasteiger partial charge in [0.15, 0.2) is 0 Å². The summed E-state index contributed by atoms with van der Waals surface area (Å²) in [7, 11) is 0. The zero-order valence-electron chi connectivity index (χ0n) is 10.1. The van der Waals surface area contributed by atoms with Crippen molar-refractivity contribution in [1.82, 2.24) is 5.32 Å². The van der Waals surface area contributed by atoms with Gasteiger partial charge < -0.3 is 10.4 Å². The molecule has 1 aliphatic carbocycles. The molecule has 5 heteroatoms. The number of carbonyl (C=O) groups excluding carboxylic acids is 1. The third-order valence-electron chi connectivity index (χ3n) is 3.37. The lowest BCUT2D eigenvalue weighted by atomic mass is 9.84. The van der Waals surface area contributed by atoms with Crippen LogP contribution in [0.4, 0.5) is 0 Å². The molecule has 18 heavy (non-hydrogen) atoms. The minimum atomic E-state index is -0.796. The second-order valence-electron chi connectivity index (χ2n) is 4.71. The first-order valence-electron chi connectivity index (χ1n) is 6.20. The fourth-order valence-corrected chi connectivity index (χ4v) is 3.10. The molecule has 98 valence electrons. The molecule has 1 saturated carbocycles. The number of nitrogens with one attached hydrogen (secondary N) is 1. The standard InChI is InChI=1S/C13H17NO3S/c15-12(7-9-5-6-18-8-9)14-11-4-2-1-3-10(11)13(16)17/h5-6,8,10-11H,1-4,7H2,(H,14,15)(H,16,17). The molecule has 1 aliphatic rings. The maximum Gasteiger partial charge on any atom is 0.308 e. The van der Waals surface area contributed by atoms with Crippen LogP contribution in [0.15, 0.2) is 16.8 Å². The number of carbonyl (C=O) groups is 2. The van der Waals surface area contributed by atoms with Gasteiger partial charge in [0.1, 0.15) is 0 Å². The SMILES string of the molecule is O=C(Cc1ccsc1)NC1CCCCC1C(=O)O. The highest BCUT2D eigenvalue weighted by atomic mass is 32.1. The Morgan fingerprint density at radius 2 is 2.17 bits per heavy atom. The Bertz CT molecular complexity index is 416. The lowest BCUT2D eigenvalue weighted by molar-refractivity contribution is -0.144. The van der Waals surface area contributed by atoms with Crippen molar-refractivity contribution in [3.8, 4) is 0 Å². The van der Waals surface area contributed by atoms with Crippen molar-refractivity contribution in [3.63, 3.8) is 0 Å². The summed E-state index contributed by atoms with van der Waals surface area (Å²) in [6, 6.07) is 1.71. The molecule has 0 radical (unpaired) electrons. The molecule has 0 aromatic carbocycles. The number of thiophene rings is 1. The maximum atomic E-state index is 11.8. The van der Waals surface area contributed by atoms with Crippen molar-refractivity contribution in [2.75, 3.05) is 0 Å². The normalized spacial score (nSPS) is 23.6. The van der Waals surface area contributed by atoms with Crippen molar-refractivity contribution in [2.24, 2.45) is 5.92 Å². The molecule has 2 unspecified atom stereocenters. The molecular weight excluding hydrogens is 250 g/mol. The summed E-state index contributed by atoms with van der Waals surface area (Å²) in [5, 5.41) is 15.9. The Morgan fingerprint density at radius 1 is 1.39 bits per heavy atom. The molecule has 1 heterocycles. The average Bonchev–Trinajstić information content (AvgIpc) is 2.82. The van der Waals surface area contributed by atoms with Crippen LogP contribution in [0.25, 0.3) is 0 Å². The predicted octanol–water partition coefficient (Wildman–Crippen LogP) is 2.05. The van der Waals surface area contributed by atoms with E-state index in [9.17, 15) is 9.59 Å². The molecule has 1 fully saturated rings. The number of carboxylic acid groups (broad SMARTS) is 1. The van der Waals surface area contributed by atoms with Crippen LogP contribution in [-0.4, -0.2) is 23.0 Å². The van der Waals surface area contributed by atoms with Crippen molar-refractivity contribution in [2.45, 2.75) is 38.1 Å². The van der Waals surface area contributed by atoms with Gasteiger partial charge >= 0.3 is 5.97 Å². The second kappa shape index (κ2) is 6.00. The summed E-state index contributed by atoms with van der Waals surface area (Å²) < 4.78 is 0. The molecule has 1 amide bonds. The van der Waals surface area contributed by atoms with E-state index >= 15 is 0 Å².